The number of aryl methyl sites for hydroxylation is 1. The predicted molar refractivity (Wildman–Crippen MR) is 66.2 cm³/mol. The van der Waals surface area contributed by atoms with E-state index < -0.39 is 0 Å². The molecule has 1 N–H and O–H groups in total. The topological polar surface area (TPSA) is 25.0 Å². The average Bonchev–Trinajstić information content (AvgIpc) is 2.65. The number of rotatable bonds is 2. The third-order valence-corrected chi connectivity index (χ3v) is 3.23. The molecule has 4 heteroatoms. The zero-order valence-corrected chi connectivity index (χ0v) is 10.2. The second kappa shape index (κ2) is 4.16. The van der Waals surface area contributed by atoms with Crippen molar-refractivity contribution < 1.29 is 4.74 Å². The van der Waals surface area contributed by atoms with Gasteiger partial charge in [0.15, 0.2) is 3.95 Å². The zero-order valence-electron chi connectivity index (χ0n) is 8.53. The van der Waals surface area contributed by atoms with E-state index in [1.54, 1.807) is 7.11 Å². The molecule has 1 aromatic heterocycles. The van der Waals surface area contributed by atoms with Crippen molar-refractivity contribution in [2.24, 2.45) is 0 Å². The number of nitrogens with one attached hydrogen (secondary N) is 1. The Balaban J connectivity index is 2.59. The minimum Gasteiger partial charge on any atom is -0.496 e. The van der Waals surface area contributed by atoms with Gasteiger partial charge < -0.3 is 9.72 Å². The van der Waals surface area contributed by atoms with E-state index in [0.29, 0.717) is 0 Å². The molecular formula is C11H11NOS2. The van der Waals surface area contributed by atoms with Crippen LogP contribution in [0.1, 0.15) is 5.56 Å². The van der Waals surface area contributed by atoms with Crippen molar-refractivity contribution in [2.45, 2.75) is 6.92 Å². The van der Waals surface area contributed by atoms with Gasteiger partial charge in [0.25, 0.3) is 0 Å². The van der Waals surface area contributed by atoms with Crippen molar-refractivity contribution in [2.75, 3.05) is 7.11 Å². The monoisotopic (exact) mass is 237 g/mol. The van der Waals surface area contributed by atoms with Crippen LogP contribution in [0.5, 0.6) is 5.75 Å². The number of benzene rings is 1. The lowest BCUT2D eigenvalue weighted by Gasteiger charge is -2.07. The standard InChI is InChI=1S/C11H11NOS2/c1-7-3-4-10(13-2)8(5-7)9-6-15-11(14)12-9/h3-6H,1-2H3,(H,12,14). The second-order valence-corrected chi connectivity index (χ2v) is 4.81. The smallest absolute Gasteiger partial charge is 0.158 e. The number of hydrogen-bond donors (Lipinski definition) is 1. The van der Waals surface area contributed by atoms with Crippen LogP contribution >= 0.6 is 23.6 Å². The summed E-state index contributed by atoms with van der Waals surface area (Å²) >= 11 is 6.60. The van der Waals surface area contributed by atoms with E-state index in [1.807, 2.05) is 17.5 Å². The first-order valence-electron chi connectivity index (χ1n) is 4.53. The first-order chi connectivity index (χ1) is 7.20. The van der Waals surface area contributed by atoms with E-state index in [-0.39, 0.29) is 0 Å². The molecule has 0 radical (unpaired) electrons. The summed E-state index contributed by atoms with van der Waals surface area (Å²) in [5, 5.41) is 2.01. The molecule has 15 heavy (non-hydrogen) atoms. The number of hydrogen-bond acceptors (Lipinski definition) is 3. The fourth-order valence-electron chi connectivity index (χ4n) is 1.44. The average molecular weight is 237 g/mol. The number of ether oxygens (including phenoxy) is 1. The Morgan fingerprint density at radius 2 is 2.20 bits per heavy atom. The number of H-pyrrole nitrogens is 1. The lowest BCUT2D eigenvalue weighted by atomic mass is 10.1. The summed E-state index contributed by atoms with van der Waals surface area (Å²) in [5.74, 6) is 0.865. The summed E-state index contributed by atoms with van der Waals surface area (Å²) in [7, 11) is 1.68. The molecule has 0 atom stereocenters. The van der Waals surface area contributed by atoms with Crippen molar-refractivity contribution >= 4 is 23.6 Å². The van der Waals surface area contributed by atoms with Gasteiger partial charge in [-0.15, -0.1) is 11.3 Å². The van der Waals surface area contributed by atoms with E-state index in [1.165, 1.54) is 16.9 Å². The summed E-state index contributed by atoms with van der Waals surface area (Å²) < 4.78 is 6.10. The number of thiazole rings is 1. The molecule has 1 heterocycles. The molecule has 2 nitrogen and oxygen atoms in total. The fraction of sp³-hybridized carbons (Fsp3) is 0.182. The van der Waals surface area contributed by atoms with E-state index in [0.717, 1.165) is 21.0 Å². The molecule has 0 aliphatic carbocycles. The first kappa shape index (κ1) is 10.4. The van der Waals surface area contributed by atoms with Gasteiger partial charge in [-0.05, 0) is 31.3 Å². The van der Waals surface area contributed by atoms with Crippen LogP contribution in [-0.4, -0.2) is 12.1 Å². The maximum atomic E-state index is 5.31. The third-order valence-electron chi connectivity index (χ3n) is 2.17. The molecule has 0 saturated carbocycles. The maximum Gasteiger partial charge on any atom is 0.158 e. The molecule has 0 bridgehead atoms. The fourth-order valence-corrected chi connectivity index (χ4v) is 2.28. The quantitative estimate of drug-likeness (QED) is 0.804. The summed E-state index contributed by atoms with van der Waals surface area (Å²) in [6.07, 6.45) is 0. The summed E-state index contributed by atoms with van der Waals surface area (Å²) in [4.78, 5) is 3.15. The van der Waals surface area contributed by atoms with Crippen LogP contribution in [0.15, 0.2) is 23.6 Å². The van der Waals surface area contributed by atoms with Crippen LogP contribution in [0.4, 0.5) is 0 Å². The molecule has 0 amide bonds. The molecule has 0 aliphatic rings. The largest absolute Gasteiger partial charge is 0.496 e. The number of aromatic nitrogens is 1. The minimum atomic E-state index is 0.786. The van der Waals surface area contributed by atoms with Gasteiger partial charge in [0.2, 0.25) is 0 Å². The minimum absolute atomic E-state index is 0.786. The Morgan fingerprint density at radius 3 is 2.80 bits per heavy atom. The van der Waals surface area contributed by atoms with Gasteiger partial charge in [0.1, 0.15) is 5.75 Å². The van der Waals surface area contributed by atoms with Crippen molar-refractivity contribution in [3.05, 3.63) is 33.1 Å². The van der Waals surface area contributed by atoms with Crippen molar-refractivity contribution in [3.63, 3.8) is 0 Å². The van der Waals surface area contributed by atoms with Crippen LogP contribution in [0, 0.1) is 10.9 Å². The lowest BCUT2D eigenvalue weighted by Crippen LogP contribution is -1.88. The number of methoxy groups -OCH3 is 1. The molecule has 2 aromatic rings. The van der Waals surface area contributed by atoms with E-state index in [9.17, 15) is 0 Å². The predicted octanol–water partition coefficient (Wildman–Crippen LogP) is 3.79. The Labute approximate surface area is 97.6 Å². The number of aromatic amines is 1. The molecule has 2 rings (SSSR count). The molecule has 0 spiro atoms. The molecule has 1 aromatic carbocycles. The highest BCUT2D eigenvalue weighted by molar-refractivity contribution is 7.73. The highest BCUT2D eigenvalue weighted by Crippen LogP contribution is 2.30. The van der Waals surface area contributed by atoms with Gasteiger partial charge in [-0.1, -0.05) is 11.6 Å². The van der Waals surface area contributed by atoms with Crippen LogP contribution in [0.3, 0.4) is 0 Å². The van der Waals surface area contributed by atoms with Gasteiger partial charge >= 0.3 is 0 Å². The van der Waals surface area contributed by atoms with Crippen LogP contribution in [-0.2, 0) is 0 Å². The normalized spacial score (nSPS) is 10.3. The molecular weight excluding hydrogens is 226 g/mol. The summed E-state index contributed by atoms with van der Waals surface area (Å²) in [5.41, 5.74) is 3.28. The Bertz CT molecular complexity index is 527. The molecule has 0 aliphatic heterocycles. The van der Waals surface area contributed by atoms with E-state index in [4.69, 9.17) is 17.0 Å². The zero-order chi connectivity index (χ0) is 10.8. The third kappa shape index (κ3) is 2.11. The first-order valence-corrected chi connectivity index (χ1v) is 5.82. The highest BCUT2D eigenvalue weighted by atomic mass is 32.1. The molecule has 0 unspecified atom stereocenters. The van der Waals surface area contributed by atoms with Gasteiger partial charge in [0, 0.05) is 10.9 Å². The Hall–Kier alpha value is -1.13. The van der Waals surface area contributed by atoms with Gasteiger partial charge in [-0.2, -0.15) is 0 Å². The van der Waals surface area contributed by atoms with Crippen LogP contribution in [0.25, 0.3) is 11.3 Å². The SMILES string of the molecule is COc1ccc(C)cc1-c1csc(=S)[nH]1. The second-order valence-electron chi connectivity index (χ2n) is 3.27. The van der Waals surface area contributed by atoms with E-state index >= 15 is 0 Å². The van der Waals surface area contributed by atoms with Crippen molar-refractivity contribution in [1.29, 1.82) is 0 Å². The van der Waals surface area contributed by atoms with Crippen molar-refractivity contribution in [1.82, 2.24) is 4.98 Å². The van der Waals surface area contributed by atoms with Gasteiger partial charge in [-0.25, -0.2) is 0 Å². The lowest BCUT2D eigenvalue weighted by molar-refractivity contribution is 0.416. The molecule has 0 fully saturated rings. The van der Waals surface area contributed by atoms with Crippen LogP contribution < -0.4 is 4.74 Å². The highest BCUT2D eigenvalue weighted by Gasteiger charge is 2.06. The Morgan fingerprint density at radius 1 is 1.40 bits per heavy atom. The summed E-state index contributed by atoms with van der Waals surface area (Å²) in [6, 6.07) is 6.09. The van der Waals surface area contributed by atoms with Gasteiger partial charge in [-0.3, -0.25) is 0 Å². The Kier molecular flexibility index (Phi) is 2.88. The summed E-state index contributed by atoms with van der Waals surface area (Å²) in [6.45, 7) is 2.06. The van der Waals surface area contributed by atoms with E-state index in [2.05, 4.69) is 18.0 Å². The van der Waals surface area contributed by atoms with Crippen LogP contribution in [0.2, 0.25) is 0 Å². The molecule has 0 saturated heterocycles. The molecule has 78 valence electrons. The van der Waals surface area contributed by atoms with Gasteiger partial charge in [0.05, 0.1) is 12.8 Å². The van der Waals surface area contributed by atoms with Crippen molar-refractivity contribution in [3.8, 4) is 17.0 Å². The maximum absolute atomic E-state index is 5.31.